The molecule has 1 fully saturated rings. The lowest BCUT2D eigenvalue weighted by Gasteiger charge is -2.23. The van der Waals surface area contributed by atoms with Crippen molar-refractivity contribution in [2.45, 2.75) is 25.8 Å². The highest BCUT2D eigenvalue weighted by Gasteiger charge is 2.23. The van der Waals surface area contributed by atoms with Crippen molar-refractivity contribution in [2.24, 2.45) is 0 Å². The quantitative estimate of drug-likeness (QED) is 0.800. The van der Waals surface area contributed by atoms with Gasteiger partial charge in [-0.15, -0.1) is 0 Å². The lowest BCUT2D eigenvalue weighted by molar-refractivity contribution is 0.0938. The molecule has 1 aromatic rings. The summed E-state index contributed by atoms with van der Waals surface area (Å²) in [6.07, 6.45) is 2.35. The van der Waals surface area contributed by atoms with E-state index in [1.165, 1.54) is 6.42 Å². The van der Waals surface area contributed by atoms with E-state index in [2.05, 4.69) is 17.1 Å². The van der Waals surface area contributed by atoms with Gasteiger partial charge in [-0.1, -0.05) is 6.92 Å². The van der Waals surface area contributed by atoms with E-state index in [1.807, 2.05) is 0 Å². The second kappa shape index (κ2) is 6.61. The van der Waals surface area contributed by atoms with Gasteiger partial charge in [0.05, 0.1) is 12.7 Å². The van der Waals surface area contributed by atoms with Crippen molar-refractivity contribution >= 4 is 11.6 Å². The average Bonchev–Trinajstić information content (AvgIpc) is 2.92. The predicted octanol–water partition coefficient (Wildman–Crippen LogP) is 1.49. The van der Waals surface area contributed by atoms with Crippen LogP contribution in [-0.2, 0) is 0 Å². The summed E-state index contributed by atoms with van der Waals surface area (Å²) in [6, 6.07) is 5.54. The summed E-state index contributed by atoms with van der Waals surface area (Å²) < 4.78 is 5.21. The molecular weight excluding hydrogens is 254 g/mol. The van der Waals surface area contributed by atoms with Crippen molar-refractivity contribution in [2.75, 3.05) is 32.5 Å². The number of carbonyl (C=O) groups excluding carboxylic acids is 1. The van der Waals surface area contributed by atoms with Crippen molar-refractivity contribution in [3.63, 3.8) is 0 Å². The number of ether oxygens (including phenoxy) is 1. The Kier molecular flexibility index (Phi) is 4.84. The molecule has 0 aliphatic carbocycles. The highest BCUT2D eigenvalue weighted by molar-refractivity contribution is 5.97. The third kappa shape index (κ3) is 3.22. The molecule has 1 aliphatic rings. The molecule has 1 saturated heterocycles. The molecule has 0 spiro atoms. The predicted molar refractivity (Wildman–Crippen MR) is 80.0 cm³/mol. The number of nitrogens with zero attached hydrogens (tertiary/aromatic N) is 1. The van der Waals surface area contributed by atoms with Crippen LogP contribution in [0.4, 0.5) is 5.69 Å². The molecule has 3 N–H and O–H groups in total. The van der Waals surface area contributed by atoms with Gasteiger partial charge in [0.2, 0.25) is 0 Å². The largest absolute Gasteiger partial charge is 0.496 e. The molecule has 110 valence electrons. The second-order valence-electron chi connectivity index (χ2n) is 5.09. The molecule has 0 unspecified atom stereocenters. The third-order valence-corrected chi connectivity index (χ3v) is 3.87. The van der Waals surface area contributed by atoms with Gasteiger partial charge in [-0.05, 0) is 44.1 Å². The van der Waals surface area contributed by atoms with Gasteiger partial charge < -0.3 is 15.8 Å². The Morgan fingerprint density at radius 3 is 3.05 bits per heavy atom. The summed E-state index contributed by atoms with van der Waals surface area (Å²) in [4.78, 5) is 14.7. The first-order valence-corrected chi connectivity index (χ1v) is 7.11. The molecule has 0 saturated carbocycles. The average molecular weight is 277 g/mol. The van der Waals surface area contributed by atoms with E-state index in [0.717, 1.165) is 19.5 Å². The Balaban J connectivity index is 2.00. The van der Waals surface area contributed by atoms with Crippen molar-refractivity contribution in [1.82, 2.24) is 10.2 Å². The lowest BCUT2D eigenvalue weighted by atomic mass is 10.1. The Labute approximate surface area is 120 Å². The molecule has 1 aliphatic heterocycles. The highest BCUT2D eigenvalue weighted by Crippen LogP contribution is 2.21. The number of benzene rings is 1. The molecule has 1 atom stereocenters. The zero-order chi connectivity index (χ0) is 14.5. The fourth-order valence-electron chi connectivity index (χ4n) is 2.75. The summed E-state index contributed by atoms with van der Waals surface area (Å²) in [7, 11) is 1.55. The first-order chi connectivity index (χ1) is 9.65. The number of rotatable bonds is 5. The first kappa shape index (κ1) is 14.7. The van der Waals surface area contributed by atoms with Crippen molar-refractivity contribution in [1.29, 1.82) is 0 Å². The van der Waals surface area contributed by atoms with Crippen LogP contribution in [0.2, 0.25) is 0 Å². The molecular formula is C15H23N3O2. The Morgan fingerprint density at radius 1 is 1.55 bits per heavy atom. The van der Waals surface area contributed by atoms with E-state index < -0.39 is 0 Å². The number of amides is 1. The molecule has 20 heavy (non-hydrogen) atoms. The van der Waals surface area contributed by atoms with E-state index in [-0.39, 0.29) is 5.91 Å². The molecule has 2 rings (SSSR count). The maximum Gasteiger partial charge on any atom is 0.255 e. The summed E-state index contributed by atoms with van der Waals surface area (Å²) in [5.41, 5.74) is 6.79. The molecule has 5 nitrogen and oxygen atoms in total. The fraction of sp³-hybridized carbons (Fsp3) is 0.533. The van der Waals surface area contributed by atoms with Gasteiger partial charge in [-0.2, -0.15) is 0 Å². The minimum absolute atomic E-state index is 0.128. The standard InChI is InChI=1S/C15H23N3O2/c1-3-18-8-4-5-12(18)10-17-15(19)13-9-11(16)6-7-14(13)20-2/h6-7,9,12H,3-5,8,10,16H2,1-2H3,(H,17,19)/t12-/m1/s1. The number of hydrogen-bond donors (Lipinski definition) is 2. The zero-order valence-electron chi connectivity index (χ0n) is 12.2. The summed E-state index contributed by atoms with van der Waals surface area (Å²) in [5.74, 6) is 0.424. The smallest absolute Gasteiger partial charge is 0.255 e. The Morgan fingerprint density at radius 2 is 2.35 bits per heavy atom. The molecule has 0 radical (unpaired) electrons. The maximum absolute atomic E-state index is 12.3. The number of methoxy groups -OCH3 is 1. The van der Waals surface area contributed by atoms with E-state index in [9.17, 15) is 4.79 Å². The molecule has 0 aromatic heterocycles. The van der Waals surface area contributed by atoms with Crippen molar-refractivity contribution in [3.8, 4) is 5.75 Å². The van der Waals surface area contributed by atoms with Crippen LogP contribution in [0, 0.1) is 0 Å². The minimum Gasteiger partial charge on any atom is -0.496 e. The molecule has 1 aromatic carbocycles. The number of nitrogens with one attached hydrogen (secondary N) is 1. The van der Waals surface area contributed by atoms with Crippen LogP contribution >= 0.6 is 0 Å². The van der Waals surface area contributed by atoms with Gasteiger partial charge in [0.25, 0.3) is 5.91 Å². The SMILES string of the molecule is CCN1CCC[C@@H]1CNC(=O)c1cc(N)ccc1OC. The summed E-state index contributed by atoms with van der Waals surface area (Å²) >= 11 is 0. The van der Waals surface area contributed by atoms with Gasteiger partial charge >= 0.3 is 0 Å². The second-order valence-corrected chi connectivity index (χ2v) is 5.09. The molecule has 0 bridgehead atoms. The zero-order valence-corrected chi connectivity index (χ0v) is 12.2. The molecule has 1 heterocycles. The Hall–Kier alpha value is -1.75. The third-order valence-electron chi connectivity index (χ3n) is 3.87. The number of likely N-dealkylation sites (N-methyl/N-ethyl adjacent to an activating group) is 1. The number of nitrogens with two attached hydrogens (primary N) is 1. The van der Waals surface area contributed by atoms with Gasteiger partial charge in [0.1, 0.15) is 5.75 Å². The lowest BCUT2D eigenvalue weighted by Crippen LogP contribution is -2.40. The Bertz CT molecular complexity index is 476. The van der Waals surface area contributed by atoms with Crippen LogP contribution < -0.4 is 15.8 Å². The number of nitrogen functional groups attached to an aromatic ring is 1. The number of anilines is 1. The van der Waals surface area contributed by atoms with Crippen molar-refractivity contribution in [3.05, 3.63) is 23.8 Å². The van der Waals surface area contributed by atoms with Gasteiger partial charge in [0, 0.05) is 18.3 Å². The van der Waals surface area contributed by atoms with Crippen LogP contribution in [0.15, 0.2) is 18.2 Å². The van der Waals surface area contributed by atoms with Crippen LogP contribution in [-0.4, -0.2) is 43.6 Å². The normalized spacial score (nSPS) is 19.0. The van der Waals surface area contributed by atoms with Crippen LogP contribution in [0.3, 0.4) is 0 Å². The maximum atomic E-state index is 12.3. The number of likely N-dealkylation sites (tertiary alicyclic amines) is 1. The van der Waals surface area contributed by atoms with Crippen LogP contribution in [0.5, 0.6) is 5.75 Å². The number of carbonyl (C=O) groups is 1. The highest BCUT2D eigenvalue weighted by atomic mass is 16.5. The van der Waals surface area contributed by atoms with Crippen molar-refractivity contribution < 1.29 is 9.53 Å². The monoisotopic (exact) mass is 277 g/mol. The van der Waals surface area contributed by atoms with E-state index >= 15 is 0 Å². The fourth-order valence-corrected chi connectivity index (χ4v) is 2.75. The summed E-state index contributed by atoms with van der Waals surface area (Å²) in [6.45, 7) is 4.98. The molecule has 5 heteroatoms. The van der Waals surface area contributed by atoms with Gasteiger partial charge in [0.15, 0.2) is 0 Å². The minimum atomic E-state index is -0.128. The van der Waals surface area contributed by atoms with Gasteiger partial charge in [-0.25, -0.2) is 0 Å². The van der Waals surface area contributed by atoms with Crippen LogP contribution in [0.25, 0.3) is 0 Å². The van der Waals surface area contributed by atoms with E-state index in [0.29, 0.717) is 29.6 Å². The number of hydrogen-bond acceptors (Lipinski definition) is 4. The first-order valence-electron chi connectivity index (χ1n) is 7.11. The summed E-state index contributed by atoms with van der Waals surface area (Å²) in [5, 5.41) is 2.99. The molecule has 1 amide bonds. The van der Waals surface area contributed by atoms with Crippen LogP contribution in [0.1, 0.15) is 30.1 Å². The van der Waals surface area contributed by atoms with Gasteiger partial charge in [-0.3, -0.25) is 9.69 Å². The topological polar surface area (TPSA) is 67.6 Å². The van der Waals surface area contributed by atoms with E-state index in [4.69, 9.17) is 10.5 Å². The van der Waals surface area contributed by atoms with E-state index in [1.54, 1.807) is 25.3 Å².